The summed E-state index contributed by atoms with van der Waals surface area (Å²) in [5.41, 5.74) is 2.81. The van der Waals surface area contributed by atoms with Crippen molar-refractivity contribution in [3.8, 4) is 28.3 Å². The Morgan fingerprint density at radius 2 is 1.43 bits per heavy atom. The highest BCUT2D eigenvalue weighted by Gasteiger charge is 2.22. The van der Waals surface area contributed by atoms with Gasteiger partial charge < -0.3 is 14.7 Å². The van der Waals surface area contributed by atoms with E-state index in [0.717, 1.165) is 11.1 Å². The van der Waals surface area contributed by atoms with E-state index >= 15 is 0 Å². The lowest BCUT2D eigenvalue weighted by Crippen LogP contribution is -2.21. The molecule has 3 rings (SSSR count). The van der Waals surface area contributed by atoms with Crippen molar-refractivity contribution >= 4 is 7.32 Å². The zero-order chi connectivity index (χ0) is 14.7. The van der Waals surface area contributed by atoms with E-state index in [1.807, 2.05) is 60.7 Å². The van der Waals surface area contributed by atoms with Gasteiger partial charge in [-0.05, 0) is 0 Å². The molecule has 1 heterocycles. The van der Waals surface area contributed by atoms with Crippen molar-refractivity contribution in [1.29, 1.82) is 0 Å². The van der Waals surface area contributed by atoms with Gasteiger partial charge in [-0.2, -0.15) is 5.10 Å². The van der Waals surface area contributed by atoms with Gasteiger partial charge in [-0.1, -0.05) is 60.7 Å². The van der Waals surface area contributed by atoms with Crippen LogP contribution in [0.2, 0.25) is 0 Å². The molecule has 0 saturated heterocycles. The molecule has 0 bridgehead atoms. The molecule has 0 atom stereocenters. The van der Waals surface area contributed by atoms with Crippen LogP contribution in [-0.4, -0.2) is 27.6 Å². The van der Waals surface area contributed by atoms with Crippen molar-refractivity contribution in [2.75, 3.05) is 0 Å². The smallest absolute Gasteiger partial charge is 0.509 e. The Morgan fingerprint density at radius 3 is 2.00 bits per heavy atom. The molecule has 6 heteroatoms. The fourth-order valence-electron chi connectivity index (χ4n) is 2.14. The maximum atomic E-state index is 9.16. The maximum Gasteiger partial charge on any atom is 0.707 e. The van der Waals surface area contributed by atoms with E-state index in [9.17, 15) is 0 Å². The molecule has 0 aliphatic heterocycles. The summed E-state index contributed by atoms with van der Waals surface area (Å²) in [7, 11) is -1.91. The van der Waals surface area contributed by atoms with E-state index in [0.29, 0.717) is 17.1 Å². The van der Waals surface area contributed by atoms with E-state index < -0.39 is 7.32 Å². The first-order chi connectivity index (χ1) is 10.3. The van der Waals surface area contributed by atoms with Crippen molar-refractivity contribution in [3.63, 3.8) is 0 Å². The summed E-state index contributed by atoms with van der Waals surface area (Å²) in [6.45, 7) is 0. The summed E-state index contributed by atoms with van der Waals surface area (Å²) >= 11 is 0. The molecule has 2 aromatic carbocycles. The van der Waals surface area contributed by atoms with E-state index in [4.69, 9.17) is 14.7 Å². The Morgan fingerprint density at radius 1 is 0.857 bits per heavy atom. The van der Waals surface area contributed by atoms with Gasteiger partial charge in [-0.15, -0.1) is 0 Å². The first kappa shape index (κ1) is 13.4. The fourth-order valence-corrected chi connectivity index (χ4v) is 2.14. The summed E-state index contributed by atoms with van der Waals surface area (Å²) in [4.78, 5) is 0. The van der Waals surface area contributed by atoms with Crippen molar-refractivity contribution in [2.45, 2.75) is 0 Å². The van der Waals surface area contributed by atoms with Crippen LogP contribution < -0.4 is 4.65 Å². The molecule has 0 aliphatic carbocycles. The van der Waals surface area contributed by atoms with Crippen LogP contribution in [0, 0.1) is 0 Å². The molecule has 0 fully saturated rings. The predicted molar refractivity (Wildman–Crippen MR) is 80.3 cm³/mol. The maximum absolute atomic E-state index is 9.16. The van der Waals surface area contributed by atoms with Crippen molar-refractivity contribution < 1.29 is 14.7 Å². The minimum absolute atomic E-state index is 0.308. The molecule has 3 N–H and O–H groups in total. The van der Waals surface area contributed by atoms with Crippen LogP contribution in [0.5, 0.6) is 5.75 Å². The monoisotopic (exact) mass is 280 g/mol. The van der Waals surface area contributed by atoms with E-state index in [-0.39, 0.29) is 0 Å². The summed E-state index contributed by atoms with van der Waals surface area (Å²) in [6, 6.07) is 18.9. The van der Waals surface area contributed by atoms with Gasteiger partial charge in [0, 0.05) is 11.1 Å². The largest absolute Gasteiger partial charge is 0.707 e. The number of aromatic amines is 1. The molecule has 5 nitrogen and oxygen atoms in total. The molecule has 3 aromatic rings. The van der Waals surface area contributed by atoms with Gasteiger partial charge in [-0.25, -0.2) is 0 Å². The zero-order valence-corrected chi connectivity index (χ0v) is 11.1. The van der Waals surface area contributed by atoms with Gasteiger partial charge in [0.15, 0.2) is 5.75 Å². The third-order valence-corrected chi connectivity index (χ3v) is 3.05. The molecule has 104 valence electrons. The standard InChI is InChI=1S/C15H13BN2O3/c19-16(20)21-15-13(11-7-3-1-4-8-11)17-18-14(15)12-9-5-2-6-10-12/h1-10,19-20H,(H,17,18). The summed E-state index contributed by atoms with van der Waals surface area (Å²) in [6.07, 6.45) is 0. The number of hydrogen-bond acceptors (Lipinski definition) is 4. The van der Waals surface area contributed by atoms with Gasteiger partial charge in [0.25, 0.3) is 0 Å². The molecule has 0 radical (unpaired) electrons. The Hall–Kier alpha value is -2.57. The van der Waals surface area contributed by atoms with Crippen LogP contribution in [0.4, 0.5) is 0 Å². The van der Waals surface area contributed by atoms with Crippen LogP contribution in [0.3, 0.4) is 0 Å². The fraction of sp³-hybridized carbons (Fsp3) is 0. The number of nitrogens with zero attached hydrogens (tertiary/aromatic N) is 1. The number of hydrogen-bond donors (Lipinski definition) is 3. The van der Waals surface area contributed by atoms with Gasteiger partial charge in [0.2, 0.25) is 0 Å². The van der Waals surface area contributed by atoms with Crippen molar-refractivity contribution in [1.82, 2.24) is 10.2 Å². The second-order valence-electron chi connectivity index (χ2n) is 4.45. The molecule has 0 amide bonds. The van der Waals surface area contributed by atoms with Gasteiger partial charge in [0.1, 0.15) is 11.4 Å². The SMILES string of the molecule is OB(O)Oc1c(-c2ccccc2)n[nH]c1-c1ccccc1. The molecule has 0 aliphatic rings. The van der Waals surface area contributed by atoms with E-state index in [2.05, 4.69) is 10.2 Å². The average Bonchev–Trinajstić information content (AvgIpc) is 2.92. The van der Waals surface area contributed by atoms with Crippen LogP contribution in [0.15, 0.2) is 60.7 Å². The van der Waals surface area contributed by atoms with Gasteiger partial charge in [0.05, 0.1) is 0 Å². The Balaban J connectivity index is 2.12. The quantitative estimate of drug-likeness (QED) is 0.639. The Bertz CT molecular complexity index is 657. The van der Waals surface area contributed by atoms with Crippen LogP contribution in [0.1, 0.15) is 0 Å². The lowest BCUT2D eigenvalue weighted by molar-refractivity contribution is 0.289. The number of nitrogens with one attached hydrogen (secondary N) is 1. The highest BCUT2D eigenvalue weighted by atomic mass is 16.6. The van der Waals surface area contributed by atoms with Gasteiger partial charge in [-0.3, -0.25) is 5.10 Å². The zero-order valence-electron chi connectivity index (χ0n) is 11.1. The molecule has 0 spiro atoms. The van der Waals surface area contributed by atoms with E-state index in [1.54, 1.807) is 0 Å². The molecular formula is C15H13BN2O3. The van der Waals surface area contributed by atoms with E-state index in [1.165, 1.54) is 0 Å². The minimum Gasteiger partial charge on any atom is -0.509 e. The lowest BCUT2D eigenvalue weighted by atomic mass is 10.1. The molecular weight excluding hydrogens is 267 g/mol. The van der Waals surface area contributed by atoms with Crippen LogP contribution in [0.25, 0.3) is 22.5 Å². The summed E-state index contributed by atoms with van der Waals surface area (Å²) < 4.78 is 5.14. The molecule has 0 unspecified atom stereocenters. The second-order valence-corrected chi connectivity index (χ2v) is 4.45. The van der Waals surface area contributed by atoms with Crippen LogP contribution >= 0.6 is 0 Å². The van der Waals surface area contributed by atoms with Gasteiger partial charge >= 0.3 is 7.32 Å². The first-order valence-electron chi connectivity index (χ1n) is 6.47. The third-order valence-electron chi connectivity index (χ3n) is 3.05. The highest BCUT2D eigenvalue weighted by molar-refractivity contribution is 6.34. The number of benzene rings is 2. The molecule has 21 heavy (non-hydrogen) atoms. The average molecular weight is 280 g/mol. The number of rotatable bonds is 4. The number of aromatic nitrogens is 2. The Kier molecular flexibility index (Phi) is 3.72. The summed E-state index contributed by atoms with van der Waals surface area (Å²) in [5.74, 6) is 0.308. The predicted octanol–water partition coefficient (Wildman–Crippen LogP) is 2.09. The Labute approximate surface area is 122 Å². The number of H-pyrrole nitrogens is 1. The highest BCUT2D eigenvalue weighted by Crippen LogP contribution is 2.36. The minimum atomic E-state index is -1.91. The van der Waals surface area contributed by atoms with Crippen molar-refractivity contribution in [3.05, 3.63) is 60.7 Å². The topological polar surface area (TPSA) is 78.4 Å². The van der Waals surface area contributed by atoms with Crippen molar-refractivity contribution in [2.24, 2.45) is 0 Å². The normalized spacial score (nSPS) is 10.4. The summed E-state index contributed by atoms with van der Waals surface area (Å²) in [5, 5.41) is 25.5. The molecule has 0 saturated carbocycles. The first-order valence-corrected chi connectivity index (χ1v) is 6.47. The van der Waals surface area contributed by atoms with Crippen LogP contribution in [-0.2, 0) is 0 Å². The third kappa shape index (κ3) is 2.81. The second kappa shape index (κ2) is 5.82. The lowest BCUT2D eigenvalue weighted by Gasteiger charge is -2.08. The molecule has 1 aromatic heterocycles.